The molecule has 3 rings (SSSR count). The Kier molecular flexibility index (Phi) is 3.91. The van der Waals surface area contributed by atoms with E-state index >= 15 is 0 Å². The SMILES string of the molecule is CCC(Oc1ccccc1C)c1nnc(-c2nccn2C)o1. The number of hydrogen-bond donors (Lipinski definition) is 0. The van der Waals surface area contributed by atoms with Gasteiger partial charge in [-0.25, -0.2) is 4.98 Å². The Balaban J connectivity index is 1.84. The summed E-state index contributed by atoms with van der Waals surface area (Å²) in [6.07, 6.45) is 3.99. The van der Waals surface area contributed by atoms with Gasteiger partial charge < -0.3 is 13.7 Å². The molecule has 0 N–H and O–H groups in total. The third kappa shape index (κ3) is 2.72. The second-order valence-corrected chi connectivity index (χ2v) is 5.09. The summed E-state index contributed by atoms with van der Waals surface area (Å²) in [5.41, 5.74) is 1.07. The lowest BCUT2D eigenvalue weighted by molar-refractivity contribution is 0.165. The summed E-state index contributed by atoms with van der Waals surface area (Å²) in [4.78, 5) is 4.21. The normalized spacial score (nSPS) is 12.3. The van der Waals surface area contributed by atoms with Crippen LogP contribution in [0.5, 0.6) is 5.75 Å². The number of rotatable bonds is 5. The molecule has 1 aromatic carbocycles. The van der Waals surface area contributed by atoms with Gasteiger partial charge >= 0.3 is 0 Å². The largest absolute Gasteiger partial charge is 0.480 e. The first-order valence-corrected chi connectivity index (χ1v) is 7.22. The highest BCUT2D eigenvalue weighted by Crippen LogP contribution is 2.27. The molecule has 0 aliphatic heterocycles. The minimum Gasteiger partial charge on any atom is -0.480 e. The van der Waals surface area contributed by atoms with E-state index in [1.807, 2.05) is 55.9 Å². The van der Waals surface area contributed by atoms with Crippen molar-refractivity contribution in [3.63, 3.8) is 0 Å². The van der Waals surface area contributed by atoms with E-state index in [4.69, 9.17) is 9.15 Å². The van der Waals surface area contributed by atoms with Crippen LogP contribution in [0.3, 0.4) is 0 Å². The predicted molar refractivity (Wildman–Crippen MR) is 81.3 cm³/mol. The Bertz CT molecular complexity index is 763. The molecule has 0 aliphatic rings. The van der Waals surface area contributed by atoms with Gasteiger partial charge in [-0.15, -0.1) is 10.2 Å². The molecule has 2 heterocycles. The molecule has 0 aliphatic carbocycles. The Morgan fingerprint density at radius 2 is 2.09 bits per heavy atom. The molecule has 0 saturated carbocycles. The van der Waals surface area contributed by atoms with Crippen molar-refractivity contribution in [1.29, 1.82) is 0 Å². The third-order valence-electron chi connectivity index (χ3n) is 3.46. The first-order chi connectivity index (χ1) is 10.7. The molecule has 0 radical (unpaired) electrons. The van der Waals surface area contributed by atoms with Crippen LogP contribution < -0.4 is 4.74 Å². The summed E-state index contributed by atoms with van der Waals surface area (Å²) in [6, 6.07) is 7.88. The van der Waals surface area contributed by atoms with Gasteiger partial charge in [-0.2, -0.15) is 0 Å². The molecule has 0 saturated heterocycles. The molecular formula is C16H18N4O2. The van der Waals surface area contributed by atoms with Gasteiger partial charge in [0.2, 0.25) is 0 Å². The lowest BCUT2D eigenvalue weighted by atomic mass is 10.2. The monoisotopic (exact) mass is 298 g/mol. The van der Waals surface area contributed by atoms with Crippen LogP contribution in [0.4, 0.5) is 0 Å². The Morgan fingerprint density at radius 3 is 2.77 bits per heavy atom. The molecule has 22 heavy (non-hydrogen) atoms. The summed E-state index contributed by atoms with van der Waals surface area (Å²) < 4.78 is 13.6. The minimum atomic E-state index is -0.275. The van der Waals surface area contributed by atoms with E-state index < -0.39 is 0 Å². The summed E-state index contributed by atoms with van der Waals surface area (Å²) in [6.45, 7) is 4.03. The number of benzene rings is 1. The number of aryl methyl sites for hydroxylation is 2. The van der Waals surface area contributed by atoms with Gasteiger partial charge in [0.25, 0.3) is 11.8 Å². The molecule has 0 amide bonds. The fourth-order valence-corrected chi connectivity index (χ4v) is 2.18. The fourth-order valence-electron chi connectivity index (χ4n) is 2.18. The number of aromatic nitrogens is 4. The van der Waals surface area contributed by atoms with Gasteiger partial charge in [-0.3, -0.25) is 0 Å². The van der Waals surface area contributed by atoms with Crippen molar-refractivity contribution in [2.75, 3.05) is 0 Å². The van der Waals surface area contributed by atoms with E-state index in [9.17, 15) is 0 Å². The maximum Gasteiger partial charge on any atom is 0.284 e. The molecule has 6 nitrogen and oxygen atoms in total. The van der Waals surface area contributed by atoms with E-state index in [-0.39, 0.29) is 6.10 Å². The molecule has 0 bridgehead atoms. The quantitative estimate of drug-likeness (QED) is 0.723. The number of nitrogens with zero attached hydrogens (tertiary/aromatic N) is 4. The van der Waals surface area contributed by atoms with Crippen molar-refractivity contribution in [2.24, 2.45) is 7.05 Å². The first-order valence-electron chi connectivity index (χ1n) is 7.22. The van der Waals surface area contributed by atoms with E-state index in [2.05, 4.69) is 15.2 Å². The number of ether oxygens (including phenoxy) is 1. The van der Waals surface area contributed by atoms with Gasteiger partial charge in [0.1, 0.15) is 5.75 Å². The van der Waals surface area contributed by atoms with Crippen LogP contribution in [0.25, 0.3) is 11.7 Å². The van der Waals surface area contributed by atoms with Crippen molar-refractivity contribution >= 4 is 0 Å². The van der Waals surface area contributed by atoms with E-state index in [0.717, 1.165) is 17.7 Å². The molecule has 0 spiro atoms. The second kappa shape index (κ2) is 6.01. The number of para-hydroxylation sites is 1. The van der Waals surface area contributed by atoms with Crippen molar-refractivity contribution in [2.45, 2.75) is 26.4 Å². The molecule has 6 heteroatoms. The lowest BCUT2D eigenvalue weighted by Gasteiger charge is -2.15. The van der Waals surface area contributed by atoms with Crippen molar-refractivity contribution in [1.82, 2.24) is 19.7 Å². The van der Waals surface area contributed by atoms with Crippen molar-refractivity contribution < 1.29 is 9.15 Å². The van der Waals surface area contributed by atoms with Gasteiger partial charge in [0.05, 0.1) is 0 Å². The third-order valence-corrected chi connectivity index (χ3v) is 3.46. The molecular weight excluding hydrogens is 280 g/mol. The molecule has 1 unspecified atom stereocenters. The fraction of sp³-hybridized carbons (Fsp3) is 0.312. The Labute approximate surface area is 128 Å². The van der Waals surface area contributed by atoms with Crippen LogP contribution in [-0.2, 0) is 7.05 Å². The maximum absolute atomic E-state index is 6.02. The lowest BCUT2D eigenvalue weighted by Crippen LogP contribution is -2.07. The van der Waals surface area contributed by atoms with Gasteiger partial charge in [0, 0.05) is 19.4 Å². The van der Waals surface area contributed by atoms with Gasteiger partial charge in [-0.1, -0.05) is 25.1 Å². The highest BCUT2D eigenvalue weighted by molar-refractivity contribution is 5.39. The van der Waals surface area contributed by atoms with Crippen LogP contribution in [0.1, 0.15) is 30.9 Å². The van der Waals surface area contributed by atoms with Gasteiger partial charge in [0.15, 0.2) is 11.9 Å². The van der Waals surface area contributed by atoms with Crippen LogP contribution in [0.15, 0.2) is 41.1 Å². The average Bonchev–Trinajstić information content (AvgIpc) is 3.15. The summed E-state index contributed by atoms with van der Waals surface area (Å²) in [5, 5.41) is 8.19. The molecule has 2 aromatic heterocycles. The molecule has 3 aromatic rings. The number of imidazole rings is 1. The van der Waals surface area contributed by atoms with E-state index in [1.54, 1.807) is 6.20 Å². The zero-order valence-corrected chi connectivity index (χ0v) is 12.9. The zero-order chi connectivity index (χ0) is 15.5. The van der Waals surface area contributed by atoms with Crippen molar-refractivity contribution in [3.8, 4) is 17.5 Å². The molecule has 0 fully saturated rings. The summed E-state index contributed by atoms with van der Waals surface area (Å²) in [7, 11) is 1.88. The van der Waals surface area contributed by atoms with E-state index in [1.165, 1.54) is 0 Å². The van der Waals surface area contributed by atoms with Gasteiger partial charge in [-0.05, 0) is 25.0 Å². The highest BCUT2D eigenvalue weighted by Gasteiger charge is 2.21. The standard InChI is InChI=1S/C16H18N4O2/c1-4-12(21-13-8-6-5-7-11(13)2)15-18-19-16(22-15)14-17-9-10-20(14)3/h5-10,12H,4H2,1-3H3. The zero-order valence-electron chi connectivity index (χ0n) is 12.9. The molecule has 114 valence electrons. The van der Waals surface area contributed by atoms with Crippen molar-refractivity contribution in [3.05, 3.63) is 48.1 Å². The Hall–Kier alpha value is -2.63. The second-order valence-electron chi connectivity index (χ2n) is 5.09. The summed E-state index contributed by atoms with van der Waals surface area (Å²) in [5.74, 6) is 2.33. The van der Waals surface area contributed by atoms with Crippen LogP contribution in [0.2, 0.25) is 0 Å². The van der Waals surface area contributed by atoms with Crippen LogP contribution in [-0.4, -0.2) is 19.7 Å². The predicted octanol–water partition coefficient (Wildman–Crippen LogP) is 3.31. The molecule has 1 atom stereocenters. The highest BCUT2D eigenvalue weighted by atomic mass is 16.5. The smallest absolute Gasteiger partial charge is 0.284 e. The average molecular weight is 298 g/mol. The minimum absolute atomic E-state index is 0.275. The van der Waals surface area contributed by atoms with E-state index in [0.29, 0.717) is 17.6 Å². The summed E-state index contributed by atoms with van der Waals surface area (Å²) >= 11 is 0. The first kappa shape index (κ1) is 14.3. The topological polar surface area (TPSA) is 66.0 Å². The Morgan fingerprint density at radius 1 is 1.27 bits per heavy atom. The van der Waals surface area contributed by atoms with Crippen LogP contribution >= 0.6 is 0 Å². The van der Waals surface area contributed by atoms with Crippen LogP contribution in [0, 0.1) is 6.92 Å². The number of hydrogen-bond acceptors (Lipinski definition) is 5. The maximum atomic E-state index is 6.02.